The fourth-order valence-corrected chi connectivity index (χ4v) is 1.10. The quantitative estimate of drug-likeness (QED) is 0.355. The lowest BCUT2D eigenvalue weighted by atomic mass is 10.2. The zero-order chi connectivity index (χ0) is 12.4. The van der Waals surface area contributed by atoms with E-state index in [1.807, 2.05) is 13.0 Å². The van der Waals surface area contributed by atoms with E-state index in [0.29, 0.717) is 12.2 Å². The van der Waals surface area contributed by atoms with Crippen molar-refractivity contribution in [1.29, 1.82) is 0 Å². The molecule has 16 heavy (non-hydrogen) atoms. The number of aromatic hydroxyl groups is 1. The number of nitrogens with zero attached hydrogens (tertiary/aromatic N) is 1. The lowest BCUT2D eigenvalue weighted by Crippen LogP contribution is -2.37. The van der Waals surface area contributed by atoms with Crippen molar-refractivity contribution in [2.45, 2.75) is 32.7 Å². The van der Waals surface area contributed by atoms with Gasteiger partial charge in [0.25, 0.3) is 0 Å². The molecule has 4 heteroatoms. The van der Waals surface area contributed by atoms with E-state index in [2.05, 4.69) is 6.92 Å². The first kappa shape index (κ1) is 14.5. The summed E-state index contributed by atoms with van der Waals surface area (Å²) in [6, 6.07) is 8.89. The van der Waals surface area contributed by atoms with E-state index in [0.717, 1.165) is 12.8 Å². The highest BCUT2D eigenvalue weighted by Crippen LogP contribution is 2.02. The van der Waals surface area contributed by atoms with Crippen LogP contribution in [0.25, 0.3) is 0 Å². The Morgan fingerprint density at radius 1 is 1.44 bits per heavy atom. The van der Waals surface area contributed by atoms with E-state index < -0.39 is 0 Å². The van der Waals surface area contributed by atoms with E-state index in [-0.39, 0.29) is 6.04 Å². The third-order valence-corrected chi connectivity index (χ3v) is 2.09. The molecular formula is C12H20N2O2. The summed E-state index contributed by atoms with van der Waals surface area (Å²) in [5.41, 5.74) is 0. The maximum Gasteiger partial charge on any atom is 0.223 e. The van der Waals surface area contributed by atoms with Crippen molar-refractivity contribution in [1.82, 2.24) is 5.01 Å². The van der Waals surface area contributed by atoms with Gasteiger partial charge in [0.05, 0.1) is 0 Å². The van der Waals surface area contributed by atoms with Gasteiger partial charge in [0.2, 0.25) is 6.41 Å². The van der Waals surface area contributed by atoms with Crippen LogP contribution in [-0.4, -0.2) is 22.6 Å². The van der Waals surface area contributed by atoms with Crippen molar-refractivity contribution in [2.75, 3.05) is 0 Å². The Morgan fingerprint density at radius 3 is 2.31 bits per heavy atom. The predicted molar refractivity (Wildman–Crippen MR) is 64.6 cm³/mol. The van der Waals surface area contributed by atoms with Gasteiger partial charge in [-0.25, -0.2) is 5.84 Å². The Bertz CT molecular complexity index is 278. The third-order valence-electron chi connectivity index (χ3n) is 2.09. The molecule has 0 aliphatic carbocycles. The molecule has 4 nitrogen and oxygen atoms in total. The van der Waals surface area contributed by atoms with Crippen molar-refractivity contribution in [3.8, 4) is 5.75 Å². The fourth-order valence-electron chi connectivity index (χ4n) is 1.10. The van der Waals surface area contributed by atoms with Crippen molar-refractivity contribution < 1.29 is 9.90 Å². The van der Waals surface area contributed by atoms with Crippen LogP contribution < -0.4 is 5.84 Å². The lowest BCUT2D eigenvalue weighted by molar-refractivity contribution is -0.120. The van der Waals surface area contributed by atoms with E-state index in [1.54, 1.807) is 24.3 Å². The zero-order valence-corrected chi connectivity index (χ0v) is 9.84. The van der Waals surface area contributed by atoms with E-state index in [1.165, 1.54) is 5.01 Å². The van der Waals surface area contributed by atoms with Crippen LogP contribution >= 0.6 is 0 Å². The minimum atomic E-state index is 0.174. The average Bonchev–Trinajstić information content (AvgIpc) is 2.30. The second-order valence-electron chi connectivity index (χ2n) is 3.53. The minimum Gasteiger partial charge on any atom is -0.508 e. The van der Waals surface area contributed by atoms with Gasteiger partial charge in [-0.15, -0.1) is 0 Å². The van der Waals surface area contributed by atoms with E-state index in [9.17, 15) is 4.79 Å². The first-order valence-corrected chi connectivity index (χ1v) is 5.34. The normalized spacial score (nSPS) is 10.9. The highest BCUT2D eigenvalue weighted by atomic mass is 16.3. The number of carbonyl (C=O) groups excluding carboxylic acids is 1. The number of para-hydroxylation sites is 1. The summed E-state index contributed by atoms with van der Waals surface area (Å²) in [5.74, 6) is 5.59. The number of hydrogen-bond donors (Lipinski definition) is 2. The van der Waals surface area contributed by atoms with E-state index >= 15 is 0 Å². The summed E-state index contributed by atoms with van der Waals surface area (Å²) >= 11 is 0. The standard InChI is InChI=1S/C6H14N2O.C6H6O/c1-3-4-6(2)8(7)5-9;7-6-4-2-1-3-5-6/h5-6H,3-4,7H2,1-2H3;1-5,7H. The monoisotopic (exact) mass is 224 g/mol. The molecule has 1 aromatic rings. The van der Waals surface area contributed by atoms with Gasteiger partial charge in [0.1, 0.15) is 5.75 Å². The largest absolute Gasteiger partial charge is 0.508 e. The molecule has 0 radical (unpaired) electrons. The molecule has 0 aromatic heterocycles. The number of carbonyl (C=O) groups is 1. The van der Waals surface area contributed by atoms with Crippen LogP contribution in [0.5, 0.6) is 5.75 Å². The van der Waals surface area contributed by atoms with Gasteiger partial charge < -0.3 is 5.11 Å². The SMILES string of the molecule is CCCC(C)N(N)C=O.Oc1ccccc1. The molecule has 1 aromatic carbocycles. The predicted octanol–water partition coefficient (Wildman–Crippen LogP) is 1.90. The third kappa shape index (κ3) is 6.84. The average molecular weight is 224 g/mol. The van der Waals surface area contributed by atoms with Crippen LogP contribution in [0.15, 0.2) is 30.3 Å². The molecule has 0 heterocycles. The number of nitrogens with two attached hydrogens (primary N) is 1. The number of hydrogen-bond acceptors (Lipinski definition) is 3. The summed E-state index contributed by atoms with van der Waals surface area (Å²) in [7, 11) is 0. The summed E-state index contributed by atoms with van der Waals surface area (Å²) in [4.78, 5) is 10.0. The van der Waals surface area contributed by atoms with Gasteiger partial charge in [-0.3, -0.25) is 9.80 Å². The molecule has 0 spiro atoms. The number of hydrazine groups is 1. The van der Waals surface area contributed by atoms with Gasteiger partial charge in [-0.2, -0.15) is 0 Å². The summed E-state index contributed by atoms with van der Waals surface area (Å²) in [6.45, 7) is 3.99. The van der Waals surface area contributed by atoms with Crippen LogP contribution in [0.4, 0.5) is 0 Å². The van der Waals surface area contributed by atoms with Gasteiger partial charge in [0, 0.05) is 6.04 Å². The number of phenols is 1. The molecule has 1 atom stereocenters. The zero-order valence-electron chi connectivity index (χ0n) is 9.84. The number of phenolic OH excluding ortho intramolecular Hbond substituents is 1. The Hall–Kier alpha value is -1.55. The number of amides is 1. The van der Waals surface area contributed by atoms with Crippen molar-refractivity contribution in [3.05, 3.63) is 30.3 Å². The number of benzene rings is 1. The van der Waals surface area contributed by atoms with Gasteiger partial charge in [0.15, 0.2) is 0 Å². The van der Waals surface area contributed by atoms with Crippen LogP contribution in [0.3, 0.4) is 0 Å². The highest BCUT2D eigenvalue weighted by Gasteiger charge is 2.03. The molecule has 0 saturated heterocycles. The topological polar surface area (TPSA) is 66.6 Å². The Kier molecular flexibility index (Phi) is 7.89. The second kappa shape index (κ2) is 8.73. The van der Waals surface area contributed by atoms with Crippen molar-refractivity contribution >= 4 is 6.41 Å². The molecule has 0 aliphatic rings. The molecule has 3 N–H and O–H groups in total. The van der Waals surface area contributed by atoms with Crippen LogP contribution in [-0.2, 0) is 4.79 Å². The Balaban J connectivity index is 0.000000288. The van der Waals surface area contributed by atoms with E-state index in [4.69, 9.17) is 10.9 Å². The minimum absolute atomic E-state index is 0.174. The molecule has 1 rings (SSSR count). The fraction of sp³-hybridized carbons (Fsp3) is 0.417. The van der Waals surface area contributed by atoms with Crippen LogP contribution in [0.2, 0.25) is 0 Å². The van der Waals surface area contributed by atoms with Gasteiger partial charge in [-0.05, 0) is 25.5 Å². The summed E-state index contributed by atoms with van der Waals surface area (Å²) in [5, 5.41) is 9.83. The smallest absolute Gasteiger partial charge is 0.223 e. The first-order chi connectivity index (χ1) is 7.61. The Morgan fingerprint density at radius 2 is 2.00 bits per heavy atom. The Labute approximate surface area is 96.7 Å². The molecular weight excluding hydrogens is 204 g/mol. The lowest BCUT2D eigenvalue weighted by Gasteiger charge is -2.17. The molecule has 0 aliphatic heterocycles. The molecule has 0 saturated carbocycles. The van der Waals surface area contributed by atoms with Crippen LogP contribution in [0, 0.1) is 0 Å². The highest BCUT2D eigenvalue weighted by molar-refractivity contribution is 5.46. The summed E-state index contributed by atoms with van der Waals surface area (Å²) < 4.78 is 0. The summed E-state index contributed by atoms with van der Waals surface area (Å²) in [6.07, 6.45) is 2.68. The van der Waals surface area contributed by atoms with Gasteiger partial charge in [-0.1, -0.05) is 31.5 Å². The molecule has 0 fully saturated rings. The molecule has 90 valence electrons. The second-order valence-corrected chi connectivity index (χ2v) is 3.53. The maximum atomic E-state index is 10.0. The van der Waals surface area contributed by atoms with Crippen molar-refractivity contribution in [3.63, 3.8) is 0 Å². The van der Waals surface area contributed by atoms with Gasteiger partial charge >= 0.3 is 0 Å². The molecule has 0 bridgehead atoms. The van der Waals surface area contributed by atoms with Crippen molar-refractivity contribution in [2.24, 2.45) is 5.84 Å². The first-order valence-electron chi connectivity index (χ1n) is 5.34. The van der Waals surface area contributed by atoms with Crippen LogP contribution in [0.1, 0.15) is 26.7 Å². The number of rotatable bonds is 4. The molecule has 1 amide bonds. The molecule has 1 unspecified atom stereocenters. The maximum absolute atomic E-state index is 10.0.